The normalized spacial score (nSPS) is 12.0. The minimum Gasteiger partial charge on any atom is -0.256 e. The summed E-state index contributed by atoms with van der Waals surface area (Å²) in [6.07, 6.45) is 6.06. The van der Waals surface area contributed by atoms with Crippen molar-refractivity contribution in [3.05, 3.63) is 235 Å². The van der Waals surface area contributed by atoms with Crippen molar-refractivity contribution >= 4 is 0 Å². The molecule has 0 bridgehead atoms. The first-order valence-corrected chi connectivity index (χ1v) is 25.2. The van der Waals surface area contributed by atoms with Crippen molar-refractivity contribution in [2.45, 2.75) is 78.6 Å². The summed E-state index contributed by atoms with van der Waals surface area (Å²) in [6, 6.07) is 72.7. The second-order valence-corrected chi connectivity index (χ2v) is 22.2. The van der Waals surface area contributed by atoms with Gasteiger partial charge in [0.2, 0.25) is 0 Å². The van der Waals surface area contributed by atoms with Crippen LogP contribution in [-0.4, -0.2) is 15.0 Å². The lowest BCUT2D eigenvalue weighted by atomic mass is 9.86. The Morgan fingerprint density at radius 2 is 0.431 bits per heavy atom. The van der Waals surface area contributed by atoms with Crippen LogP contribution in [0.4, 0.5) is 0 Å². The molecule has 3 heterocycles. The molecule has 3 aromatic heterocycles. The molecule has 0 fully saturated rings. The van der Waals surface area contributed by atoms with Gasteiger partial charge in [0.05, 0.1) is 17.1 Å². The molecule has 7 aromatic carbocycles. The van der Waals surface area contributed by atoms with Crippen LogP contribution in [0.2, 0.25) is 0 Å². The summed E-state index contributed by atoms with van der Waals surface area (Å²) in [5.74, 6) is 0. The Morgan fingerprint density at radius 3 is 0.625 bits per heavy atom. The molecule has 0 aliphatic rings. The van der Waals surface area contributed by atoms with Gasteiger partial charge in [0.15, 0.2) is 0 Å². The fourth-order valence-electron chi connectivity index (χ4n) is 9.65. The van der Waals surface area contributed by atoms with Gasteiger partial charge in [0.1, 0.15) is 0 Å². The van der Waals surface area contributed by atoms with Crippen LogP contribution >= 0.6 is 0 Å². The Morgan fingerprint density at radius 1 is 0.222 bits per heavy atom. The molecule has 0 spiro atoms. The zero-order valence-corrected chi connectivity index (χ0v) is 43.1. The fraction of sp³-hybridized carbons (Fsp3) is 0.174. The summed E-state index contributed by atoms with van der Waals surface area (Å²) < 4.78 is 0. The van der Waals surface area contributed by atoms with E-state index in [9.17, 15) is 0 Å². The van der Waals surface area contributed by atoms with Crippen molar-refractivity contribution in [3.8, 4) is 101 Å². The van der Waals surface area contributed by atoms with Crippen LogP contribution < -0.4 is 0 Å². The van der Waals surface area contributed by atoms with Crippen molar-refractivity contribution in [3.63, 3.8) is 0 Å². The highest BCUT2D eigenvalue weighted by atomic mass is 14.7. The lowest BCUT2D eigenvalue weighted by Crippen LogP contribution is -2.10. The Kier molecular flexibility index (Phi) is 12.8. The van der Waals surface area contributed by atoms with Crippen molar-refractivity contribution in [1.29, 1.82) is 0 Å². The van der Waals surface area contributed by atoms with E-state index in [1.165, 1.54) is 16.7 Å². The van der Waals surface area contributed by atoms with E-state index in [1.807, 2.05) is 18.6 Å². The predicted octanol–water partition coefficient (Wildman–Crippen LogP) is 18.8. The van der Waals surface area contributed by atoms with Crippen LogP contribution in [-0.2, 0) is 16.2 Å². The first-order chi connectivity index (χ1) is 34.6. The van der Waals surface area contributed by atoms with E-state index >= 15 is 0 Å². The second kappa shape index (κ2) is 19.3. The number of aromatic nitrogens is 3. The van der Waals surface area contributed by atoms with Gasteiger partial charge < -0.3 is 0 Å². The van der Waals surface area contributed by atoms with E-state index in [1.54, 1.807) is 0 Å². The molecule has 0 saturated carbocycles. The van der Waals surface area contributed by atoms with Crippen molar-refractivity contribution < 1.29 is 0 Å². The van der Waals surface area contributed by atoms with Crippen LogP contribution in [0.15, 0.2) is 219 Å². The third-order valence-corrected chi connectivity index (χ3v) is 14.0. The number of rotatable bonds is 9. The highest BCUT2D eigenvalue weighted by Crippen LogP contribution is 2.43. The third-order valence-electron chi connectivity index (χ3n) is 14.0. The molecular weight excluding hydrogens is 871 g/mol. The predicted molar refractivity (Wildman–Crippen MR) is 305 cm³/mol. The SMILES string of the molecule is CC(C)(C)c1ccc(-c2ccc(-c3ccccc3-c3cc(-c4ccccc4-c4ccc(-c5ccc(C(C)(C)C)cc5)nc4)cc(-c4ccccc4-c4ccc(-c5ccc(C(C)(C)C)cc5)nc4)c3)cn2)cc1. The van der Waals surface area contributed by atoms with Gasteiger partial charge in [0, 0.05) is 52.0 Å². The summed E-state index contributed by atoms with van der Waals surface area (Å²) in [5.41, 5.74) is 23.7. The number of pyridine rings is 3. The van der Waals surface area contributed by atoms with Crippen LogP contribution in [0.5, 0.6) is 0 Å². The standard InChI is InChI=1S/C69H63N3/c1-67(2,3)55-31-22-46(23-32-55)64-37-28-49(43-70-64)58-16-10-13-19-61(58)52-40-53(62-20-14-11-17-59(62)50-29-38-65(71-44-50)47-24-33-56(34-25-47)68(4,5)6)42-54(41-52)63-21-15-12-18-60(63)51-30-39-66(72-45-51)48-26-35-57(36-27-48)69(7,8)9/h10-45H,1-9H3. The van der Waals surface area contributed by atoms with Crippen LogP contribution in [0.3, 0.4) is 0 Å². The number of hydrogen-bond donors (Lipinski definition) is 0. The lowest BCUT2D eigenvalue weighted by Gasteiger charge is -2.19. The number of hydrogen-bond acceptors (Lipinski definition) is 3. The fourth-order valence-corrected chi connectivity index (χ4v) is 9.65. The molecule has 0 unspecified atom stereocenters. The van der Waals surface area contributed by atoms with Gasteiger partial charge in [-0.3, -0.25) is 15.0 Å². The van der Waals surface area contributed by atoms with E-state index in [4.69, 9.17) is 15.0 Å². The number of benzene rings is 7. The quantitative estimate of drug-likeness (QED) is 0.145. The summed E-state index contributed by atoms with van der Waals surface area (Å²) >= 11 is 0. The van der Waals surface area contributed by atoms with Gasteiger partial charge >= 0.3 is 0 Å². The van der Waals surface area contributed by atoms with Gasteiger partial charge in [0.25, 0.3) is 0 Å². The first kappa shape index (κ1) is 47.7. The maximum absolute atomic E-state index is 5.04. The smallest absolute Gasteiger partial charge is 0.0702 e. The van der Waals surface area contributed by atoms with Gasteiger partial charge in [-0.2, -0.15) is 0 Å². The molecular formula is C69H63N3. The lowest BCUT2D eigenvalue weighted by molar-refractivity contribution is 0.590. The highest BCUT2D eigenvalue weighted by Gasteiger charge is 2.19. The van der Waals surface area contributed by atoms with Gasteiger partial charge in [-0.05, 0) is 119 Å². The summed E-state index contributed by atoms with van der Waals surface area (Å²) in [6.45, 7) is 20.2. The van der Waals surface area contributed by atoms with Crippen LogP contribution in [0, 0.1) is 0 Å². The number of nitrogens with zero attached hydrogens (tertiary/aromatic N) is 3. The van der Waals surface area contributed by atoms with Crippen molar-refractivity contribution in [2.75, 3.05) is 0 Å². The van der Waals surface area contributed by atoms with E-state index < -0.39 is 0 Å². The molecule has 3 heteroatoms. The largest absolute Gasteiger partial charge is 0.256 e. The molecule has 3 nitrogen and oxygen atoms in total. The van der Waals surface area contributed by atoms with E-state index in [-0.39, 0.29) is 16.2 Å². The molecule has 0 N–H and O–H groups in total. The topological polar surface area (TPSA) is 38.7 Å². The molecule has 0 atom stereocenters. The zero-order valence-electron chi connectivity index (χ0n) is 43.1. The molecule has 354 valence electrons. The molecule has 0 saturated heterocycles. The maximum Gasteiger partial charge on any atom is 0.0702 e. The van der Waals surface area contributed by atoms with E-state index in [0.717, 1.165) is 101 Å². The Balaban J connectivity index is 1.07. The molecule has 72 heavy (non-hydrogen) atoms. The summed E-state index contributed by atoms with van der Waals surface area (Å²) in [4.78, 5) is 15.1. The Labute approximate surface area is 427 Å². The van der Waals surface area contributed by atoms with Crippen LogP contribution in [0.25, 0.3) is 101 Å². The third kappa shape index (κ3) is 10.1. The summed E-state index contributed by atoms with van der Waals surface area (Å²) in [7, 11) is 0. The maximum atomic E-state index is 5.04. The molecule has 0 amide bonds. The van der Waals surface area contributed by atoms with Gasteiger partial charge in [-0.25, -0.2) is 0 Å². The zero-order chi connectivity index (χ0) is 50.2. The average Bonchev–Trinajstić information content (AvgIpc) is 3.40. The van der Waals surface area contributed by atoms with Gasteiger partial charge in [-0.15, -0.1) is 0 Å². The average molecular weight is 934 g/mol. The molecule has 0 aliphatic carbocycles. The second-order valence-electron chi connectivity index (χ2n) is 22.2. The monoisotopic (exact) mass is 934 g/mol. The Bertz CT molecular complexity index is 3100. The first-order valence-electron chi connectivity index (χ1n) is 25.2. The van der Waals surface area contributed by atoms with Crippen molar-refractivity contribution in [1.82, 2.24) is 15.0 Å². The Hall–Kier alpha value is -8.01. The highest BCUT2D eigenvalue weighted by molar-refractivity contribution is 5.94. The molecule has 10 aromatic rings. The molecule has 0 aliphatic heterocycles. The molecule has 10 rings (SSSR count). The van der Waals surface area contributed by atoms with Crippen molar-refractivity contribution in [2.24, 2.45) is 0 Å². The van der Waals surface area contributed by atoms with Gasteiger partial charge in [-0.1, -0.05) is 226 Å². The molecule has 0 radical (unpaired) electrons. The summed E-state index contributed by atoms with van der Waals surface area (Å²) in [5, 5.41) is 0. The minimum atomic E-state index is 0.0893. The van der Waals surface area contributed by atoms with E-state index in [2.05, 4.69) is 263 Å². The van der Waals surface area contributed by atoms with E-state index in [0.29, 0.717) is 0 Å². The minimum absolute atomic E-state index is 0.0893. The van der Waals surface area contributed by atoms with Crippen LogP contribution in [0.1, 0.15) is 79.0 Å².